The third kappa shape index (κ3) is 3.24. The second kappa shape index (κ2) is 6.83. The molecule has 27 heavy (non-hydrogen) atoms. The standard InChI is InChI=1S/C21H24N4O2/c26-21(25-13-14-4-3-5-16(25)10-14)9-8-19-23-24-20(27-19)11-15-12-22-18-7-2-1-6-17(15)18/h1-2,6-7,12,14,16,22H,3-5,8-11,13H2/t14-,16+/m1/s1. The molecule has 140 valence electrons. The topological polar surface area (TPSA) is 75.0 Å². The predicted molar refractivity (Wildman–Crippen MR) is 101 cm³/mol. The Kier molecular flexibility index (Phi) is 4.19. The number of aryl methyl sites for hydroxylation is 1. The normalized spacial score (nSPS) is 21.9. The number of likely N-dealkylation sites (tertiary alicyclic amines) is 1. The summed E-state index contributed by atoms with van der Waals surface area (Å²) >= 11 is 0. The van der Waals surface area contributed by atoms with Crippen LogP contribution in [0.5, 0.6) is 0 Å². The van der Waals surface area contributed by atoms with Crippen LogP contribution in [-0.2, 0) is 17.6 Å². The zero-order valence-corrected chi connectivity index (χ0v) is 15.4. The molecule has 2 aromatic heterocycles. The first-order valence-corrected chi connectivity index (χ1v) is 9.92. The molecule has 1 N–H and O–H groups in total. The molecular weight excluding hydrogens is 340 g/mol. The van der Waals surface area contributed by atoms with Gasteiger partial charge in [-0.15, -0.1) is 10.2 Å². The number of fused-ring (bicyclic) bond motifs is 3. The number of aromatic nitrogens is 3. The Hall–Kier alpha value is -2.63. The number of nitrogens with zero attached hydrogens (tertiary/aromatic N) is 3. The van der Waals surface area contributed by atoms with Gasteiger partial charge in [0.15, 0.2) is 0 Å². The van der Waals surface area contributed by atoms with E-state index in [4.69, 9.17) is 4.42 Å². The Morgan fingerprint density at radius 1 is 1.22 bits per heavy atom. The fourth-order valence-electron chi connectivity index (χ4n) is 4.70. The summed E-state index contributed by atoms with van der Waals surface area (Å²) < 4.78 is 5.80. The first kappa shape index (κ1) is 16.5. The quantitative estimate of drug-likeness (QED) is 0.752. The molecule has 1 saturated carbocycles. The largest absolute Gasteiger partial charge is 0.425 e. The molecule has 0 unspecified atom stereocenters. The van der Waals surface area contributed by atoms with Crippen molar-refractivity contribution in [3.05, 3.63) is 47.8 Å². The van der Waals surface area contributed by atoms with Crippen LogP contribution in [-0.4, -0.2) is 38.6 Å². The summed E-state index contributed by atoms with van der Waals surface area (Å²) in [5.41, 5.74) is 2.25. The minimum atomic E-state index is 0.237. The van der Waals surface area contributed by atoms with Crippen molar-refractivity contribution in [1.29, 1.82) is 0 Å². The summed E-state index contributed by atoms with van der Waals surface area (Å²) in [6.07, 6.45) is 8.47. The van der Waals surface area contributed by atoms with Gasteiger partial charge in [-0.1, -0.05) is 24.6 Å². The van der Waals surface area contributed by atoms with E-state index in [2.05, 4.69) is 32.2 Å². The number of carbonyl (C=O) groups excluding carboxylic acids is 1. The van der Waals surface area contributed by atoms with Gasteiger partial charge >= 0.3 is 0 Å². The molecule has 3 heterocycles. The molecule has 6 nitrogen and oxygen atoms in total. The van der Waals surface area contributed by atoms with Crippen LogP contribution >= 0.6 is 0 Å². The summed E-state index contributed by atoms with van der Waals surface area (Å²) in [6, 6.07) is 8.65. The lowest BCUT2D eigenvalue weighted by Crippen LogP contribution is -2.35. The molecule has 2 aliphatic rings. The summed E-state index contributed by atoms with van der Waals surface area (Å²) in [4.78, 5) is 18.0. The fraction of sp³-hybridized carbons (Fsp3) is 0.476. The highest BCUT2D eigenvalue weighted by atomic mass is 16.4. The summed E-state index contributed by atoms with van der Waals surface area (Å²) in [5.74, 6) is 2.11. The van der Waals surface area contributed by atoms with E-state index in [0.29, 0.717) is 37.1 Å². The van der Waals surface area contributed by atoms with Crippen LogP contribution in [0.2, 0.25) is 0 Å². The van der Waals surface area contributed by atoms with E-state index in [-0.39, 0.29) is 5.91 Å². The lowest BCUT2D eigenvalue weighted by molar-refractivity contribution is -0.132. The number of hydrogen-bond acceptors (Lipinski definition) is 4. The van der Waals surface area contributed by atoms with Crippen molar-refractivity contribution in [2.45, 2.75) is 51.0 Å². The molecule has 1 saturated heterocycles. The van der Waals surface area contributed by atoms with Crippen LogP contribution in [0.25, 0.3) is 10.9 Å². The fourth-order valence-corrected chi connectivity index (χ4v) is 4.70. The summed E-state index contributed by atoms with van der Waals surface area (Å²) in [7, 11) is 0. The highest BCUT2D eigenvalue weighted by Crippen LogP contribution is 2.35. The van der Waals surface area contributed by atoms with Gasteiger partial charge in [-0.05, 0) is 36.8 Å². The molecule has 2 bridgehead atoms. The lowest BCUT2D eigenvalue weighted by atomic mass is 9.90. The van der Waals surface area contributed by atoms with E-state index >= 15 is 0 Å². The number of carbonyl (C=O) groups is 1. The van der Waals surface area contributed by atoms with Crippen molar-refractivity contribution in [3.8, 4) is 0 Å². The van der Waals surface area contributed by atoms with Crippen LogP contribution in [0.1, 0.15) is 49.4 Å². The van der Waals surface area contributed by atoms with Gasteiger partial charge in [0.1, 0.15) is 0 Å². The van der Waals surface area contributed by atoms with E-state index in [1.807, 2.05) is 18.3 Å². The highest BCUT2D eigenvalue weighted by Gasteiger charge is 2.37. The Morgan fingerprint density at radius 3 is 3.04 bits per heavy atom. The van der Waals surface area contributed by atoms with Crippen LogP contribution < -0.4 is 0 Å². The number of H-pyrrole nitrogens is 1. The van der Waals surface area contributed by atoms with Crippen LogP contribution in [0.15, 0.2) is 34.9 Å². The Bertz CT molecular complexity index is 960. The van der Waals surface area contributed by atoms with E-state index < -0.39 is 0 Å². The molecular formula is C21H24N4O2. The van der Waals surface area contributed by atoms with Crippen molar-refractivity contribution in [1.82, 2.24) is 20.1 Å². The minimum absolute atomic E-state index is 0.237. The third-order valence-corrected chi connectivity index (χ3v) is 6.05. The van der Waals surface area contributed by atoms with Crippen molar-refractivity contribution >= 4 is 16.8 Å². The number of para-hydroxylation sites is 1. The van der Waals surface area contributed by atoms with Gasteiger partial charge in [-0.2, -0.15) is 0 Å². The van der Waals surface area contributed by atoms with Gasteiger partial charge in [0.2, 0.25) is 17.7 Å². The molecule has 2 atom stereocenters. The Labute approximate surface area is 158 Å². The number of rotatable bonds is 5. The Morgan fingerprint density at radius 2 is 2.11 bits per heavy atom. The van der Waals surface area contributed by atoms with Gasteiger partial charge in [0.25, 0.3) is 0 Å². The maximum Gasteiger partial charge on any atom is 0.223 e. The number of benzene rings is 1. The van der Waals surface area contributed by atoms with Gasteiger partial charge in [-0.25, -0.2) is 0 Å². The van der Waals surface area contributed by atoms with Crippen molar-refractivity contribution in [2.75, 3.05) is 6.54 Å². The van der Waals surface area contributed by atoms with Crippen LogP contribution in [0.3, 0.4) is 0 Å². The summed E-state index contributed by atoms with van der Waals surface area (Å²) in [6.45, 7) is 0.944. The zero-order chi connectivity index (χ0) is 18.2. The molecule has 0 radical (unpaired) electrons. The average Bonchev–Trinajstić information content (AvgIpc) is 3.39. The SMILES string of the molecule is O=C(CCc1nnc(Cc2c[nH]c3ccccc23)o1)N1C[C@@H]2CCC[C@H]1C2. The van der Waals surface area contributed by atoms with Crippen LogP contribution in [0.4, 0.5) is 0 Å². The smallest absolute Gasteiger partial charge is 0.223 e. The summed E-state index contributed by atoms with van der Waals surface area (Å²) in [5, 5.41) is 9.49. The molecule has 5 rings (SSSR count). The van der Waals surface area contributed by atoms with E-state index in [1.165, 1.54) is 24.6 Å². The monoisotopic (exact) mass is 364 g/mol. The number of hydrogen-bond donors (Lipinski definition) is 1. The van der Waals surface area contributed by atoms with Crippen molar-refractivity contribution in [2.24, 2.45) is 5.92 Å². The lowest BCUT2D eigenvalue weighted by Gasteiger charge is -2.24. The van der Waals surface area contributed by atoms with E-state index in [0.717, 1.165) is 30.0 Å². The minimum Gasteiger partial charge on any atom is -0.425 e. The third-order valence-electron chi connectivity index (χ3n) is 6.05. The van der Waals surface area contributed by atoms with E-state index in [1.54, 1.807) is 0 Å². The second-order valence-corrected chi connectivity index (χ2v) is 7.86. The van der Waals surface area contributed by atoms with Gasteiger partial charge in [0.05, 0.1) is 6.42 Å². The molecule has 1 aliphatic heterocycles. The molecule has 3 aromatic rings. The maximum absolute atomic E-state index is 12.6. The molecule has 6 heteroatoms. The molecule has 1 amide bonds. The van der Waals surface area contributed by atoms with Gasteiger partial charge < -0.3 is 14.3 Å². The van der Waals surface area contributed by atoms with Crippen LogP contribution in [0, 0.1) is 5.92 Å². The Balaban J connectivity index is 1.20. The predicted octanol–water partition coefficient (Wildman–Crippen LogP) is 3.48. The van der Waals surface area contributed by atoms with Crippen molar-refractivity contribution < 1.29 is 9.21 Å². The van der Waals surface area contributed by atoms with E-state index in [9.17, 15) is 4.79 Å². The average molecular weight is 364 g/mol. The van der Waals surface area contributed by atoms with Crippen molar-refractivity contribution in [3.63, 3.8) is 0 Å². The number of amides is 1. The second-order valence-electron chi connectivity index (χ2n) is 7.86. The first-order chi connectivity index (χ1) is 13.3. The molecule has 1 aliphatic carbocycles. The molecule has 0 spiro atoms. The van der Waals surface area contributed by atoms with Gasteiger partial charge in [-0.3, -0.25) is 4.79 Å². The first-order valence-electron chi connectivity index (χ1n) is 9.92. The number of nitrogens with one attached hydrogen (secondary N) is 1. The maximum atomic E-state index is 12.6. The highest BCUT2D eigenvalue weighted by molar-refractivity contribution is 5.83. The molecule has 1 aromatic carbocycles. The van der Waals surface area contributed by atoms with Gasteiger partial charge in [0, 0.05) is 42.5 Å². The zero-order valence-electron chi connectivity index (χ0n) is 15.4. The number of aromatic amines is 1. The molecule has 2 fully saturated rings.